The van der Waals surface area contributed by atoms with Crippen molar-refractivity contribution in [3.05, 3.63) is 29.6 Å². The summed E-state index contributed by atoms with van der Waals surface area (Å²) in [6.45, 7) is 4.37. The van der Waals surface area contributed by atoms with Crippen molar-refractivity contribution in [1.29, 1.82) is 0 Å². The fraction of sp³-hybridized carbons (Fsp3) is 0.364. The highest BCUT2D eigenvalue weighted by atomic mass is 14.9. The maximum Gasteiger partial charge on any atom is 0.0931 e. The highest BCUT2D eigenvalue weighted by molar-refractivity contribution is 5.79. The van der Waals surface area contributed by atoms with Gasteiger partial charge in [-0.1, -0.05) is 19.9 Å². The highest BCUT2D eigenvalue weighted by Crippen LogP contribution is 2.20. The molecular weight excluding hydrogens is 160 g/mol. The zero-order valence-corrected chi connectivity index (χ0v) is 8.09. The summed E-state index contributed by atoms with van der Waals surface area (Å²) in [6, 6.07) is 4.31. The summed E-state index contributed by atoms with van der Waals surface area (Å²) in [4.78, 5) is 7.48. The van der Waals surface area contributed by atoms with Crippen LogP contribution in [0.2, 0.25) is 0 Å². The van der Waals surface area contributed by atoms with Gasteiger partial charge in [0.05, 0.1) is 17.4 Å². The lowest BCUT2D eigenvalue weighted by molar-refractivity contribution is 1.05. The van der Waals surface area contributed by atoms with Crippen LogP contribution in [0.1, 0.15) is 25.0 Å². The Morgan fingerprint density at radius 2 is 2.08 bits per heavy atom. The smallest absolute Gasteiger partial charge is 0.0931 e. The van der Waals surface area contributed by atoms with E-state index in [9.17, 15) is 0 Å². The quantitative estimate of drug-likeness (QED) is 0.745. The Hall–Kier alpha value is -1.31. The van der Waals surface area contributed by atoms with E-state index >= 15 is 0 Å². The van der Waals surface area contributed by atoms with Crippen LogP contribution in [-0.4, -0.2) is 9.97 Å². The Morgan fingerprint density at radius 3 is 2.77 bits per heavy atom. The Kier molecular flexibility index (Phi) is 2.05. The van der Waals surface area contributed by atoms with E-state index in [0.717, 1.165) is 23.9 Å². The summed E-state index contributed by atoms with van der Waals surface area (Å²) >= 11 is 0. The summed E-state index contributed by atoms with van der Waals surface area (Å²) < 4.78 is 0. The van der Waals surface area contributed by atoms with Crippen LogP contribution in [-0.2, 0) is 12.8 Å². The summed E-state index contributed by atoms with van der Waals surface area (Å²) in [7, 11) is 0. The SMILES string of the molecule is CCc1ccc2[nH]cnc2c1CC. The number of aryl methyl sites for hydroxylation is 2. The number of H-pyrrole nitrogens is 1. The molecule has 0 aliphatic heterocycles. The number of aromatic amines is 1. The van der Waals surface area contributed by atoms with E-state index in [4.69, 9.17) is 0 Å². The van der Waals surface area contributed by atoms with Gasteiger partial charge in [0.1, 0.15) is 0 Å². The van der Waals surface area contributed by atoms with Crippen LogP contribution in [0.5, 0.6) is 0 Å². The molecule has 1 aromatic carbocycles. The largest absolute Gasteiger partial charge is 0.345 e. The molecule has 0 saturated carbocycles. The molecule has 0 radical (unpaired) electrons. The van der Waals surface area contributed by atoms with Crippen LogP contribution < -0.4 is 0 Å². The molecule has 0 amide bonds. The molecule has 1 aromatic heterocycles. The molecule has 2 aromatic rings. The van der Waals surface area contributed by atoms with Crippen LogP contribution in [0.25, 0.3) is 11.0 Å². The monoisotopic (exact) mass is 174 g/mol. The van der Waals surface area contributed by atoms with E-state index in [-0.39, 0.29) is 0 Å². The minimum Gasteiger partial charge on any atom is -0.345 e. The molecule has 13 heavy (non-hydrogen) atoms. The molecule has 0 aliphatic rings. The number of aromatic nitrogens is 2. The Balaban J connectivity index is 2.74. The van der Waals surface area contributed by atoms with Crippen LogP contribution in [0.15, 0.2) is 18.5 Å². The molecule has 1 heterocycles. The minimum absolute atomic E-state index is 1.06. The van der Waals surface area contributed by atoms with Gasteiger partial charge < -0.3 is 4.98 Å². The first kappa shape index (κ1) is 8.30. The molecule has 68 valence electrons. The normalized spacial score (nSPS) is 10.9. The van der Waals surface area contributed by atoms with Gasteiger partial charge in [-0.15, -0.1) is 0 Å². The number of fused-ring (bicyclic) bond motifs is 1. The van der Waals surface area contributed by atoms with Gasteiger partial charge in [0.25, 0.3) is 0 Å². The molecular formula is C11H14N2. The van der Waals surface area contributed by atoms with E-state index in [1.807, 2.05) is 0 Å². The van der Waals surface area contributed by atoms with Gasteiger partial charge in [-0.05, 0) is 30.0 Å². The first-order valence-corrected chi connectivity index (χ1v) is 4.80. The maximum absolute atomic E-state index is 4.34. The first-order valence-electron chi connectivity index (χ1n) is 4.80. The fourth-order valence-corrected chi connectivity index (χ4v) is 1.83. The van der Waals surface area contributed by atoms with Crippen molar-refractivity contribution in [2.75, 3.05) is 0 Å². The van der Waals surface area contributed by atoms with Crippen molar-refractivity contribution in [3.63, 3.8) is 0 Å². The van der Waals surface area contributed by atoms with E-state index in [0.29, 0.717) is 0 Å². The molecule has 0 bridgehead atoms. The van der Waals surface area contributed by atoms with Gasteiger partial charge in [0.15, 0.2) is 0 Å². The second-order valence-electron chi connectivity index (χ2n) is 3.21. The maximum atomic E-state index is 4.34. The molecule has 1 N–H and O–H groups in total. The minimum atomic E-state index is 1.06. The zero-order chi connectivity index (χ0) is 9.26. The molecule has 0 unspecified atom stereocenters. The van der Waals surface area contributed by atoms with Crippen LogP contribution >= 0.6 is 0 Å². The predicted octanol–water partition coefficient (Wildman–Crippen LogP) is 2.69. The number of hydrogen-bond acceptors (Lipinski definition) is 1. The standard InChI is InChI=1S/C11H14N2/c1-3-8-5-6-10-11(9(8)4-2)13-7-12-10/h5-7H,3-4H2,1-2H3,(H,12,13). The van der Waals surface area contributed by atoms with Gasteiger partial charge in [-0.3, -0.25) is 0 Å². The Labute approximate surface area is 78.0 Å². The lowest BCUT2D eigenvalue weighted by atomic mass is 10.0. The molecule has 2 heteroatoms. The first-order chi connectivity index (χ1) is 6.36. The molecule has 0 fully saturated rings. The second-order valence-corrected chi connectivity index (χ2v) is 3.21. The fourth-order valence-electron chi connectivity index (χ4n) is 1.83. The van der Waals surface area contributed by atoms with E-state index in [1.165, 1.54) is 11.1 Å². The van der Waals surface area contributed by atoms with Gasteiger partial charge in [-0.2, -0.15) is 0 Å². The third-order valence-electron chi connectivity index (χ3n) is 2.53. The molecule has 0 saturated heterocycles. The molecule has 2 nitrogen and oxygen atoms in total. The van der Waals surface area contributed by atoms with E-state index < -0.39 is 0 Å². The number of hydrogen-bond donors (Lipinski definition) is 1. The average molecular weight is 174 g/mol. The van der Waals surface area contributed by atoms with Crippen molar-refractivity contribution < 1.29 is 0 Å². The average Bonchev–Trinajstić information content (AvgIpc) is 2.63. The number of nitrogens with zero attached hydrogens (tertiary/aromatic N) is 1. The summed E-state index contributed by atoms with van der Waals surface area (Å²) in [5.74, 6) is 0. The Bertz CT molecular complexity index is 415. The second kappa shape index (κ2) is 3.21. The lowest BCUT2D eigenvalue weighted by Crippen LogP contribution is -1.92. The molecule has 2 rings (SSSR count). The lowest BCUT2D eigenvalue weighted by Gasteiger charge is -2.05. The number of nitrogens with one attached hydrogen (secondary N) is 1. The van der Waals surface area contributed by atoms with Gasteiger partial charge in [0, 0.05) is 0 Å². The van der Waals surface area contributed by atoms with E-state index in [1.54, 1.807) is 6.33 Å². The molecule has 0 spiro atoms. The number of benzene rings is 1. The zero-order valence-electron chi connectivity index (χ0n) is 8.09. The van der Waals surface area contributed by atoms with E-state index in [2.05, 4.69) is 35.9 Å². The summed E-state index contributed by atoms with van der Waals surface area (Å²) in [6.07, 6.45) is 3.92. The summed E-state index contributed by atoms with van der Waals surface area (Å²) in [5, 5.41) is 0. The van der Waals surface area contributed by atoms with Crippen molar-refractivity contribution in [2.24, 2.45) is 0 Å². The van der Waals surface area contributed by atoms with Crippen molar-refractivity contribution in [2.45, 2.75) is 26.7 Å². The van der Waals surface area contributed by atoms with Crippen molar-refractivity contribution in [1.82, 2.24) is 9.97 Å². The number of imidazole rings is 1. The number of rotatable bonds is 2. The predicted molar refractivity (Wildman–Crippen MR) is 54.8 cm³/mol. The van der Waals surface area contributed by atoms with Crippen molar-refractivity contribution in [3.8, 4) is 0 Å². The molecule has 0 aliphatic carbocycles. The molecule has 0 atom stereocenters. The summed E-state index contributed by atoms with van der Waals surface area (Å²) in [5.41, 5.74) is 5.10. The van der Waals surface area contributed by atoms with Gasteiger partial charge in [0.2, 0.25) is 0 Å². The third kappa shape index (κ3) is 1.22. The Morgan fingerprint density at radius 1 is 1.23 bits per heavy atom. The van der Waals surface area contributed by atoms with Crippen LogP contribution in [0.4, 0.5) is 0 Å². The van der Waals surface area contributed by atoms with Crippen LogP contribution in [0, 0.1) is 0 Å². The topological polar surface area (TPSA) is 28.7 Å². The van der Waals surface area contributed by atoms with Gasteiger partial charge in [-0.25, -0.2) is 4.98 Å². The van der Waals surface area contributed by atoms with Crippen molar-refractivity contribution >= 4 is 11.0 Å². The van der Waals surface area contributed by atoms with Crippen LogP contribution in [0.3, 0.4) is 0 Å². The third-order valence-corrected chi connectivity index (χ3v) is 2.53. The van der Waals surface area contributed by atoms with Gasteiger partial charge >= 0.3 is 0 Å². The highest BCUT2D eigenvalue weighted by Gasteiger charge is 2.05.